The van der Waals surface area contributed by atoms with Crippen LogP contribution in [0.2, 0.25) is 0 Å². The lowest BCUT2D eigenvalue weighted by atomic mass is 10.1. The van der Waals surface area contributed by atoms with Crippen LogP contribution in [-0.4, -0.2) is 29.8 Å². The quantitative estimate of drug-likeness (QED) is 0.492. The molecule has 0 fully saturated rings. The number of rotatable bonds is 4. The minimum absolute atomic E-state index is 0.0624. The molecule has 3 aromatic heterocycles. The highest BCUT2D eigenvalue weighted by Gasteiger charge is 2.13. The van der Waals surface area contributed by atoms with E-state index in [0.717, 1.165) is 10.9 Å². The van der Waals surface area contributed by atoms with E-state index in [-0.39, 0.29) is 17.9 Å². The van der Waals surface area contributed by atoms with Crippen LogP contribution in [0.1, 0.15) is 18.5 Å². The van der Waals surface area contributed by atoms with Crippen molar-refractivity contribution in [1.29, 1.82) is 0 Å². The lowest BCUT2D eigenvalue weighted by molar-refractivity contribution is 0.412. The lowest BCUT2D eigenvalue weighted by Gasteiger charge is -2.14. The van der Waals surface area contributed by atoms with Gasteiger partial charge in [0.15, 0.2) is 0 Å². The van der Waals surface area contributed by atoms with E-state index in [9.17, 15) is 5.11 Å². The number of ether oxygens (including phenoxy) is 1. The molecule has 7 nitrogen and oxygen atoms in total. The molecule has 0 saturated carbocycles. The summed E-state index contributed by atoms with van der Waals surface area (Å²) in [5.41, 5.74) is 2.70. The monoisotopic (exact) mass is 383 g/mol. The van der Waals surface area contributed by atoms with Crippen LogP contribution >= 0.6 is 0 Å². The molecule has 2 aromatic carbocycles. The highest BCUT2D eigenvalue weighted by Crippen LogP contribution is 2.29. The van der Waals surface area contributed by atoms with E-state index >= 15 is 0 Å². The van der Waals surface area contributed by atoms with Gasteiger partial charge in [0, 0.05) is 11.6 Å². The molecule has 0 aliphatic heterocycles. The lowest BCUT2D eigenvalue weighted by Crippen LogP contribution is -2.07. The zero-order valence-electron chi connectivity index (χ0n) is 15.6. The fourth-order valence-electron chi connectivity index (χ4n) is 3.37. The summed E-state index contributed by atoms with van der Waals surface area (Å²) in [5, 5.41) is 16.1. The first-order chi connectivity index (χ1) is 14.2. The maximum absolute atomic E-state index is 10.1. The van der Waals surface area contributed by atoms with Gasteiger partial charge in [-0.15, -0.1) is 0 Å². The van der Waals surface area contributed by atoms with Crippen LogP contribution in [0.25, 0.3) is 21.8 Å². The highest BCUT2D eigenvalue weighted by molar-refractivity contribution is 5.82. The van der Waals surface area contributed by atoms with Crippen molar-refractivity contribution in [2.45, 2.75) is 13.0 Å². The summed E-state index contributed by atoms with van der Waals surface area (Å²) in [5.74, 6) is 0.421. The third-order valence-corrected chi connectivity index (χ3v) is 4.88. The molecular formula is C22H17N5O2. The Kier molecular flexibility index (Phi) is 4.05. The fraction of sp³-hybridized carbons (Fsp3) is 0.0909. The van der Waals surface area contributed by atoms with E-state index in [1.54, 1.807) is 18.5 Å². The summed E-state index contributed by atoms with van der Waals surface area (Å²) in [6.07, 6.45) is 4.94. The van der Waals surface area contributed by atoms with Crippen LogP contribution in [0.3, 0.4) is 0 Å². The molecule has 0 saturated heterocycles. The molecule has 0 aliphatic carbocycles. The Hall–Kier alpha value is -4.00. The predicted molar refractivity (Wildman–Crippen MR) is 109 cm³/mol. The van der Waals surface area contributed by atoms with Crippen molar-refractivity contribution in [3.05, 3.63) is 78.8 Å². The number of hydrogen-bond donors (Lipinski definition) is 1. The molecule has 0 radical (unpaired) electrons. The molecule has 3 heterocycles. The van der Waals surface area contributed by atoms with E-state index < -0.39 is 0 Å². The van der Waals surface area contributed by atoms with Crippen LogP contribution in [0.5, 0.6) is 17.6 Å². The van der Waals surface area contributed by atoms with Crippen molar-refractivity contribution in [2.24, 2.45) is 0 Å². The smallest absolute Gasteiger partial charge is 0.325 e. The summed E-state index contributed by atoms with van der Waals surface area (Å²) in [6.45, 7) is 2.12. The van der Waals surface area contributed by atoms with Crippen molar-refractivity contribution in [3.63, 3.8) is 0 Å². The van der Waals surface area contributed by atoms with Gasteiger partial charge < -0.3 is 9.84 Å². The maximum Gasteiger partial charge on any atom is 0.325 e. The summed E-state index contributed by atoms with van der Waals surface area (Å²) < 4.78 is 7.77. The molecule has 0 aliphatic rings. The molecule has 0 spiro atoms. The van der Waals surface area contributed by atoms with E-state index in [2.05, 4.69) is 39.1 Å². The molecule has 1 atom stereocenters. The summed E-state index contributed by atoms with van der Waals surface area (Å²) in [7, 11) is 0. The van der Waals surface area contributed by atoms with Gasteiger partial charge in [-0.3, -0.25) is 9.67 Å². The van der Waals surface area contributed by atoms with Gasteiger partial charge in [0.1, 0.15) is 5.75 Å². The summed E-state index contributed by atoms with van der Waals surface area (Å²) in [4.78, 5) is 12.4. The second-order valence-corrected chi connectivity index (χ2v) is 6.72. The molecule has 0 bridgehead atoms. The van der Waals surface area contributed by atoms with Crippen LogP contribution in [0.15, 0.2) is 73.2 Å². The molecular weight excluding hydrogens is 366 g/mol. The SMILES string of the molecule is CC(c1ccccc1)n1ncc2cc(Oc3nc(O)c4ccncc4n3)ccc21. The van der Waals surface area contributed by atoms with E-state index in [4.69, 9.17) is 4.74 Å². The Labute approximate surface area is 166 Å². The molecule has 1 N–H and O–H groups in total. The predicted octanol–water partition coefficient (Wildman–Crippen LogP) is 4.48. The van der Waals surface area contributed by atoms with Gasteiger partial charge in [-0.05, 0) is 36.8 Å². The molecule has 5 aromatic rings. The summed E-state index contributed by atoms with van der Waals surface area (Å²) >= 11 is 0. The molecule has 29 heavy (non-hydrogen) atoms. The van der Waals surface area contributed by atoms with Gasteiger partial charge in [0.2, 0.25) is 5.88 Å². The number of aromatic nitrogens is 5. The Morgan fingerprint density at radius 1 is 1.00 bits per heavy atom. The van der Waals surface area contributed by atoms with Gasteiger partial charge in [-0.25, -0.2) is 0 Å². The zero-order chi connectivity index (χ0) is 19.8. The van der Waals surface area contributed by atoms with Crippen LogP contribution in [0, 0.1) is 0 Å². The Balaban J connectivity index is 1.47. The van der Waals surface area contributed by atoms with E-state index in [1.807, 2.05) is 47.3 Å². The van der Waals surface area contributed by atoms with Gasteiger partial charge in [-0.1, -0.05) is 30.3 Å². The molecule has 5 rings (SSSR count). The molecule has 7 heteroatoms. The Bertz CT molecular complexity index is 1320. The fourth-order valence-corrected chi connectivity index (χ4v) is 3.37. The summed E-state index contributed by atoms with van der Waals surface area (Å²) in [6, 6.07) is 17.7. The number of hydrogen-bond acceptors (Lipinski definition) is 6. The third-order valence-electron chi connectivity index (χ3n) is 4.88. The highest BCUT2D eigenvalue weighted by atomic mass is 16.5. The topological polar surface area (TPSA) is 86.0 Å². The zero-order valence-corrected chi connectivity index (χ0v) is 15.6. The van der Waals surface area contributed by atoms with Crippen molar-refractivity contribution in [1.82, 2.24) is 24.7 Å². The standard InChI is InChI=1S/C22H17N5O2/c1-14(15-5-3-2-4-6-15)27-20-8-7-17(11-16(20)12-24-27)29-22-25-19-13-23-10-9-18(19)21(28)26-22/h2-14H,1H3,(H,25,26,28). The molecule has 0 amide bonds. The normalized spacial score (nSPS) is 12.3. The number of pyridine rings is 1. The largest absolute Gasteiger partial charge is 0.493 e. The Morgan fingerprint density at radius 2 is 1.86 bits per heavy atom. The number of nitrogens with zero attached hydrogens (tertiary/aromatic N) is 5. The number of benzene rings is 2. The van der Waals surface area contributed by atoms with Gasteiger partial charge in [0.25, 0.3) is 0 Å². The first-order valence-corrected chi connectivity index (χ1v) is 9.20. The van der Waals surface area contributed by atoms with Crippen molar-refractivity contribution >= 4 is 21.8 Å². The second-order valence-electron chi connectivity index (χ2n) is 6.72. The average molecular weight is 383 g/mol. The van der Waals surface area contributed by atoms with Crippen molar-refractivity contribution in [2.75, 3.05) is 0 Å². The van der Waals surface area contributed by atoms with E-state index in [0.29, 0.717) is 16.7 Å². The minimum atomic E-state index is -0.141. The van der Waals surface area contributed by atoms with Crippen LogP contribution in [-0.2, 0) is 0 Å². The molecule has 142 valence electrons. The second kappa shape index (κ2) is 6.87. The maximum atomic E-state index is 10.1. The first kappa shape index (κ1) is 17.1. The minimum Gasteiger partial charge on any atom is -0.493 e. The van der Waals surface area contributed by atoms with Crippen molar-refractivity contribution in [3.8, 4) is 17.6 Å². The number of aromatic hydroxyl groups is 1. The van der Waals surface area contributed by atoms with Crippen LogP contribution in [0.4, 0.5) is 0 Å². The number of fused-ring (bicyclic) bond motifs is 2. The third kappa shape index (κ3) is 3.12. The van der Waals surface area contributed by atoms with E-state index in [1.165, 1.54) is 5.56 Å². The van der Waals surface area contributed by atoms with Crippen molar-refractivity contribution < 1.29 is 9.84 Å². The Morgan fingerprint density at radius 3 is 2.72 bits per heavy atom. The molecule has 1 unspecified atom stereocenters. The van der Waals surface area contributed by atoms with Crippen LogP contribution < -0.4 is 4.74 Å². The van der Waals surface area contributed by atoms with Gasteiger partial charge >= 0.3 is 6.01 Å². The first-order valence-electron chi connectivity index (χ1n) is 9.20. The van der Waals surface area contributed by atoms with Gasteiger partial charge in [0.05, 0.1) is 34.9 Å². The van der Waals surface area contributed by atoms with Gasteiger partial charge in [-0.2, -0.15) is 15.1 Å². The average Bonchev–Trinajstić information content (AvgIpc) is 3.17.